The van der Waals surface area contributed by atoms with E-state index in [2.05, 4.69) is 43.6 Å². The molecule has 0 fully saturated rings. The molecular weight excluding hydrogens is 1040 g/mol. The number of rotatable bonds is 8. The third kappa shape index (κ3) is 6.23. The molecule has 10 nitrogen and oxygen atoms in total. The van der Waals surface area contributed by atoms with Crippen LogP contribution in [0.25, 0.3) is 55.8 Å². The van der Waals surface area contributed by atoms with Crippen LogP contribution in [0.5, 0.6) is 23.0 Å². The number of benzene rings is 4. The van der Waals surface area contributed by atoms with Crippen molar-refractivity contribution in [2.24, 2.45) is 0 Å². The Morgan fingerprint density at radius 2 is 0.889 bits per heavy atom. The van der Waals surface area contributed by atoms with E-state index in [1.165, 1.54) is 0 Å². The summed E-state index contributed by atoms with van der Waals surface area (Å²) in [5.74, 6) is 3.61. The van der Waals surface area contributed by atoms with Crippen LogP contribution in [0.2, 0.25) is 0 Å². The number of fused-ring (bicyclic) bond motifs is 5. The summed E-state index contributed by atoms with van der Waals surface area (Å²) in [5.41, 5.74) is 4.97. The monoisotopic (exact) mass is 1060 g/mol. The SMILES string of the molecule is [Pt+2].[Pt+2].[c-]1c(Oc2[c-]c3c(cc2)c2c(c4ccc(Oc5[c-]c(-n6cccn6)ccc5)[c-]c4n2-c2ccccn2)n3-c2ccccn2)cccc1-n1cccn1. The average Bonchev–Trinajstić information content (AvgIpc) is 4.02. The van der Waals surface area contributed by atoms with Gasteiger partial charge in [0, 0.05) is 71.2 Å². The van der Waals surface area contributed by atoms with Crippen LogP contribution < -0.4 is 9.47 Å². The summed E-state index contributed by atoms with van der Waals surface area (Å²) in [4.78, 5) is 9.56. The van der Waals surface area contributed by atoms with Crippen molar-refractivity contribution in [3.8, 4) is 46.0 Å². The molecule has 0 bridgehead atoms. The first kappa shape index (κ1) is 35.0. The van der Waals surface area contributed by atoms with Crippen molar-refractivity contribution in [3.63, 3.8) is 0 Å². The summed E-state index contributed by atoms with van der Waals surface area (Å²) in [6, 6.07) is 48.5. The Hall–Kier alpha value is -6.08. The molecule has 12 heteroatoms. The molecular formula is C42H24N8O2Pt2. The van der Waals surface area contributed by atoms with E-state index in [4.69, 9.17) is 19.4 Å². The van der Waals surface area contributed by atoms with Crippen LogP contribution in [0.1, 0.15) is 0 Å². The number of ether oxygens (including phenoxy) is 2. The fourth-order valence-corrected chi connectivity index (χ4v) is 6.46. The first-order valence-electron chi connectivity index (χ1n) is 16.5. The van der Waals surface area contributed by atoms with Gasteiger partial charge < -0.3 is 18.6 Å². The van der Waals surface area contributed by atoms with Gasteiger partial charge >= 0.3 is 42.1 Å². The normalized spacial score (nSPS) is 11.0. The molecule has 0 amide bonds. The third-order valence-corrected chi connectivity index (χ3v) is 8.63. The Labute approximate surface area is 337 Å². The van der Waals surface area contributed by atoms with Crippen LogP contribution >= 0.6 is 0 Å². The molecule has 0 aliphatic heterocycles. The number of hydrogen-bond acceptors (Lipinski definition) is 6. The number of aromatic nitrogens is 8. The van der Waals surface area contributed by atoms with Gasteiger partial charge in [-0.3, -0.25) is 9.36 Å². The molecule has 10 rings (SSSR count). The van der Waals surface area contributed by atoms with Gasteiger partial charge in [-0.05, 0) is 47.8 Å². The molecule has 264 valence electrons. The quantitative estimate of drug-likeness (QED) is 0.142. The standard InChI is InChI=1S/C42H24N8O2.2Pt/c1-3-19-43-39(13-1)49-37-27-33(51-31-11-5-9-29(25-31)47-23-7-21-45-47)15-17-35(37)42-41(49)36-18-16-34(28-38(36)50(42)40-14-2-4-20-44-40)52-32-12-6-10-30(26-32)48-24-8-22-46-48;;/h1-24H;;/q-4;2*+2. The first-order chi connectivity index (χ1) is 25.8. The maximum atomic E-state index is 6.36. The molecule has 0 N–H and O–H groups in total. The van der Waals surface area contributed by atoms with Gasteiger partial charge in [0.2, 0.25) is 0 Å². The van der Waals surface area contributed by atoms with Crippen LogP contribution in [0.15, 0.2) is 146 Å². The molecule has 6 heterocycles. The summed E-state index contributed by atoms with van der Waals surface area (Å²) < 4.78 is 20.4. The van der Waals surface area contributed by atoms with E-state index in [1.807, 2.05) is 122 Å². The zero-order chi connectivity index (χ0) is 34.4. The summed E-state index contributed by atoms with van der Waals surface area (Å²) in [7, 11) is 0. The molecule has 0 aliphatic rings. The van der Waals surface area contributed by atoms with Gasteiger partial charge in [-0.1, -0.05) is 33.9 Å². The average molecular weight is 1060 g/mol. The summed E-state index contributed by atoms with van der Waals surface area (Å²) in [5, 5.41) is 10.5. The second kappa shape index (κ2) is 14.7. The minimum Gasteiger partial charge on any atom is -0.509 e. The number of hydrogen-bond donors (Lipinski definition) is 0. The van der Waals surface area contributed by atoms with Crippen molar-refractivity contribution in [2.75, 3.05) is 0 Å². The molecule has 0 aliphatic carbocycles. The van der Waals surface area contributed by atoms with Gasteiger partial charge in [-0.15, -0.1) is 60.7 Å². The summed E-state index contributed by atoms with van der Waals surface area (Å²) in [6.45, 7) is 0. The van der Waals surface area contributed by atoms with E-state index in [9.17, 15) is 0 Å². The number of pyridine rings is 2. The molecule has 0 saturated heterocycles. The topological polar surface area (TPSA) is 89.7 Å². The second-order valence-corrected chi connectivity index (χ2v) is 11.8. The second-order valence-electron chi connectivity index (χ2n) is 11.8. The fourth-order valence-electron chi connectivity index (χ4n) is 6.46. The van der Waals surface area contributed by atoms with Gasteiger partial charge in [0.15, 0.2) is 0 Å². The third-order valence-electron chi connectivity index (χ3n) is 8.63. The van der Waals surface area contributed by atoms with Crippen LogP contribution in [0, 0.1) is 24.3 Å². The van der Waals surface area contributed by atoms with E-state index in [0.717, 1.165) is 55.8 Å². The van der Waals surface area contributed by atoms with Gasteiger partial charge in [0.05, 0.1) is 0 Å². The molecule has 6 aromatic heterocycles. The van der Waals surface area contributed by atoms with Crippen molar-refractivity contribution in [1.82, 2.24) is 38.7 Å². The summed E-state index contributed by atoms with van der Waals surface area (Å²) in [6.07, 6.45) is 10.8. The Bertz CT molecular complexity index is 2660. The van der Waals surface area contributed by atoms with Gasteiger partial charge in [-0.25, -0.2) is 9.97 Å². The maximum absolute atomic E-state index is 6.36. The Morgan fingerprint density at radius 3 is 1.30 bits per heavy atom. The van der Waals surface area contributed by atoms with Gasteiger partial charge in [0.1, 0.15) is 11.6 Å². The van der Waals surface area contributed by atoms with E-state index < -0.39 is 0 Å². The zero-order valence-corrected chi connectivity index (χ0v) is 32.4. The van der Waals surface area contributed by atoms with Crippen LogP contribution in [-0.2, 0) is 42.1 Å². The van der Waals surface area contributed by atoms with E-state index in [0.29, 0.717) is 23.0 Å². The van der Waals surface area contributed by atoms with E-state index in [1.54, 1.807) is 34.2 Å². The Morgan fingerprint density at radius 1 is 0.426 bits per heavy atom. The first-order valence-corrected chi connectivity index (χ1v) is 16.5. The molecule has 0 atom stereocenters. The minimum atomic E-state index is 0. The molecule has 0 spiro atoms. The fraction of sp³-hybridized carbons (Fsp3) is 0. The Balaban J connectivity index is 0.00000207. The Kier molecular flexibility index (Phi) is 9.55. The molecule has 0 radical (unpaired) electrons. The van der Waals surface area contributed by atoms with Gasteiger partial charge in [0.25, 0.3) is 0 Å². The van der Waals surface area contributed by atoms with Crippen molar-refractivity contribution in [3.05, 3.63) is 171 Å². The van der Waals surface area contributed by atoms with Crippen molar-refractivity contribution in [2.45, 2.75) is 0 Å². The largest absolute Gasteiger partial charge is 2.00 e. The minimum absolute atomic E-state index is 0. The number of nitrogens with zero attached hydrogens (tertiary/aromatic N) is 8. The zero-order valence-electron chi connectivity index (χ0n) is 27.9. The van der Waals surface area contributed by atoms with Crippen molar-refractivity contribution in [1.29, 1.82) is 0 Å². The molecule has 0 saturated carbocycles. The molecule has 0 unspecified atom stereocenters. The van der Waals surface area contributed by atoms with Gasteiger partial charge in [-0.2, -0.15) is 34.5 Å². The molecule has 54 heavy (non-hydrogen) atoms. The van der Waals surface area contributed by atoms with Crippen LogP contribution in [0.4, 0.5) is 0 Å². The molecule has 4 aromatic carbocycles. The summed E-state index contributed by atoms with van der Waals surface area (Å²) >= 11 is 0. The predicted molar refractivity (Wildman–Crippen MR) is 196 cm³/mol. The molecule has 10 aromatic rings. The van der Waals surface area contributed by atoms with E-state index in [-0.39, 0.29) is 42.1 Å². The predicted octanol–water partition coefficient (Wildman–Crippen LogP) is 8.67. The van der Waals surface area contributed by atoms with Crippen molar-refractivity contribution < 1.29 is 51.6 Å². The van der Waals surface area contributed by atoms with Crippen LogP contribution in [0.3, 0.4) is 0 Å². The van der Waals surface area contributed by atoms with Crippen molar-refractivity contribution >= 4 is 32.8 Å². The van der Waals surface area contributed by atoms with Crippen LogP contribution in [-0.4, -0.2) is 38.7 Å². The smallest absolute Gasteiger partial charge is 0.509 e. The maximum Gasteiger partial charge on any atom is 2.00 e. The van der Waals surface area contributed by atoms with E-state index >= 15 is 0 Å².